The van der Waals surface area contributed by atoms with Crippen LogP contribution in [-0.4, -0.2) is 34.8 Å². The van der Waals surface area contributed by atoms with Crippen molar-refractivity contribution in [3.8, 4) is 0 Å². The van der Waals surface area contributed by atoms with E-state index in [2.05, 4.69) is 10.3 Å². The molecule has 4 rings (SSSR count). The van der Waals surface area contributed by atoms with Crippen LogP contribution in [-0.2, 0) is 17.6 Å². The second kappa shape index (κ2) is 6.64. The number of thiophene rings is 1. The fourth-order valence-electron chi connectivity index (χ4n) is 3.38. The minimum Gasteiger partial charge on any atom is -0.337 e. The van der Waals surface area contributed by atoms with Crippen molar-refractivity contribution in [2.75, 3.05) is 18.4 Å². The molecule has 0 saturated carbocycles. The number of carbonyl (C=O) groups excluding carboxylic acids is 2. The number of piperidine rings is 1. The average molecular weight is 361 g/mol. The fourth-order valence-corrected chi connectivity index (χ4v) is 5.13. The first kappa shape index (κ1) is 15.8. The van der Waals surface area contributed by atoms with E-state index in [0.29, 0.717) is 11.7 Å². The molecule has 0 radical (unpaired) electrons. The largest absolute Gasteiger partial charge is 0.337 e. The Bertz CT molecular complexity index is 732. The number of amides is 2. The van der Waals surface area contributed by atoms with E-state index in [1.165, 1.54) is 22.6 Å². The molecule has 1 atom stereocenters. The van der Waals surface area contributed by atoms with Crippen LogP contribution in [0.2, 0.25) is 0 Å². The normalized spacial score (nSPS) is 20.0. The number of rotatable bonds is 3. The minimum absolute atomic E-state index is 0.00824. The van der Waals surface area contributed by atoms with Gasteiger partial charge in [0.05, 0.1) is 16.5 Å². The molecular weight excluding hydrogens is 342 g/mol. The van der Waals surface area contributed by atoms with Gasteiger partial charge in [0, 0.05) is 18.0 Å². The number of fused-ring (bicyclic) bond motifs is 1. The summed E-state index contributed by atoms with van der Waals surface area (Å²) in [6, 6.07) is 3.72. The van der Waals surface area contributed by atoms with Gasteiger partial charge in [-0.2, -0.15) is 0 Å². The Labute approximate surface area is 148 Å². The zero-order chi connectivity index (χ0) is 16.5. The molecule has 1 unspecified atom stereocenters. The summed E-state index contributed by atoms with van der Waals surface area (Å²) < 4.78 is 0. The molecule has 2 amide bonds. The van der Waals surface area contributed by atoms with Crippen LogP contribution in [0.15, 0.2) is 17.5 Å². The lowest BCUT2D eigenvalue weighted by atomic mass is 9.97. The van der Waals surface area contributed by atoms with Crippen LogP contribution < -0.4 is 5.32 Å². The van der Waals surface area contributed by atoms with Crippen LogP contribution in [0, 0.1) is 5.92 Å². The number of hydrogen-bond donors (Lipinski definition) is 1. The Balaban J connectivity index is 1.39. The van der Waals surface area contributed by atoms with E-state index in [0.717, 1.165) is 42.8 Å². The molecule has 3 heterocycles. The molecular formula is C17H19N3O2S2. The van der Waals surface area contributed by atoms with Crippen molar-refractivity contribution in [2.24, 2.45) is 5.92 Å². The van der Waals surface area contributed by atoms with Gasteiger partial charge in [0.25, 0.3) is 5.91 Å². The second-order valence-electron chi connectivity index (χ2n) is 6.30. The van der Waals surface area contributed by atoms with Gasteiger partial charge in [-0.3, -0.25) is 9.59 Å². The van der Waals surface area contributed by atoms with E-state index < -0.39 is 0 Å². The van der Waals surface area contributed by atoms with Gasteiger partial charge in [0.2, 0.25) is 5.91 Å². The average Bonchev–Trinajstić information content (AvgIpc) is 3.31. The molecule has 0 spiro atoms. The molecule has 0 bridgehead atoms. The third-order valence-corrected chi connectivity index (χ3v) is 6.57. The lowest BCUT2D eigenvalue weighted by Gasteiger charge is -2.31. The Hall–Kier alpha value is -1.73. The highest BCUT2D eigenvalue weighted by Gasteiger charge is 2.30. The fraction of sp³-hybridized carbons (Fsp3) is 0.471. The molecule has 1 aliphatic carbocycles. The van der Waals surface area contributed by atoms with Gasteiger partial charge in [-0.05, 0) is 43.6 Å². The number of carbonyl (C=O) groups is 2. The summed E-state index contributed by atoms with van der Waals surface area (Å²) in [6.07, 6.45) is 4.96. The third-order valence-electron chi connectivity index (χ3n) is 4.64. The van der Waals surface area contributed by atoms with Crippen LogP contribution >= 0.6 is 22.7 Å². The molecule has 1 aliphatic heterocycles. The molecule has 1 saturated heterocycles. The van der Waals surface area contributed by atoms with Crippen LogP contribution in [0.5, 0.6) is 0 Å². The molecule has 2 aromatic rings. The standard InChI is InChI=1S/C17H19N3O2S2/c21-15(19-17-18-12-5-1-6-13(12)24-17)11-4-2-8-20(10-11)16(22)14-7-3-9-23-14/h3,7,9,11H,1-2,4-6,8,10H2,(H,18,19,21). The molecule has 5 nitrogen and oxygen atoms in total. The lowest BCUT2D eigenvalue weighted by Crippen LogP contribution is -2.43. The van der Waals surface area contributed by atoms with Crippen molar-refractivity contribution in [1.82, 2.24) is 9.88 Å². The summed E-state index contributed by atoms with van der Waals surface area (Å²) in [5.74, 6) is -0.122. The van der Waals surface area contributed by atoms with Crippen molar-refractivity contribution in [3.05, 3.63) is 33.0 Å². The van der Waals surface area contributed by atoms with E-state index in [1.807, 2.05) is 17.5 Å². The van der Waals surface area contributed by atoms with Gasteiger partial charge < -0.3 is 10.2 Å². The van der Waals surface area contributed by atoms with E-state index in [9.17, 15) is 9.59 Å². The van der Waals surface area contributed by atoms with Crippen molar-refractivity contribution < 1.29 is 9.59 Å². The zero-order valence-electron chi connectivity index (χ0n) is 13.3. The number of hydrogen-bond acceptors (Lipinski definition) is 5. The molecule has 24 heavy (non-hydrogen) atoms. The van der Waals surface area contributed by atoms with E-state index >= 15 is 0 Å². The predicted octanol–water partition coefficient (Wildman–Crippen LogP) is 3.18. The Kier molecular flexibility index (Phi) is 4.37. The number of nitrogens with one attached hydrogen (secondary N) is 1. The molecule has 126 valence electrons. The van der Waals surface area contributed by atoms with Crippen molar-refractivity contribution in [3.63, 3.8) is 0 Å². The van der Waals surface area contributed by atoms with Crippen molar-refractivity contribution in [2.45, 2.75) is 32.1 Å². The van der Waals surface area contributed by atoms with Gasteiger partial charge in [0.1, 0.15) is 0 Å². The van der Waals surface area contributed by atoms with E-state index in [1.54, 1.807) is 16.2 Å². The molecule has 2 aromatic heterocycles. The van der Waals surface area contributed by atoms with E-state index in [-0.39, 0.29) is 17.7 Å². The summed E-state index contributed by atoms with van der Waals surface area (Å²) in [4.78, 5) is 33.4. The smallest absolute Gasteiger partial charge is 0.263 e. The molecule has 1 fully saturated rings. The maximum atomic E-state index is 12.6. The summed E-state index contributed by atoms with van der Waals surface area (Å²) >= 11 is 3.05. The summed E-state index contributed by atoms with van der Waals surface area (Å²) in [5.41, 5.74) is 1.15. The van der Waals surface area contributed by atoms with Gasteiger partial charge >= 0.3 is 0 Å². The Morgan fingerprint density at radius 1 is 1.29 bits per heavy atom. The van der Waals surface area contributed by atoms with Crippen LogP contribution in [0.1, 0.15) is 39.5 Å². The van der Waals surface area contributed by atoms with Crippen LogP contribution in [0.3, 0.4) is 0 Å². The SMILES string of the molecule is O=C(Nc1nc2c(s1)CCC2)C1CCCN(C(=O)c2cccs2)C1. The molecule has 0 aromatic carbocycles. The quantitative estimate of drug-likeness (QED) is 0.913. The van der Waals surface area contributed by atoms with Crippen LogP contribution in [0.25, 0.3) is 0 Å². The van der Waals surface area contributed by atoms with Gasteiger partial charge in [-0.15, -0.1) is 22.7 Å². The van der Waals surface area contributed by atoms with Crippen molar-refractivity contribution >= 4 is 39.6 Å². The Morgan fingerprint density at radius 2 is 2.21 bits per heavy atom. The number of thiazole rings is 1. The number of aromatic nitrogens is 1. The molecule has 7 heteroatoms. The van der Waals surface area contributed by atoms with Gasteiger partial charge in [-0.1, -0.05) is 6.07 Å². The summed E-state index contributed by atoms with van der Waals surface area (Å²) in [5, 5.41) is 5.59. The first-order chi connectivity index (χ1) is 11.7. The topological polar surface area (TPSA) is 62.3 Å². The van der Waals surface area contributed by atoms with Gasteiger partial charge in [0.15, 0.2) is 5.13 Å². The summed E-state index contributed by atoms with van der Waals surface area (Å²) in [7, 11) is 0. The minimum atomic E-state index is -0.151. The lowest BCUT2D eigenvalue weighted by molar-refractivity contribution is -0.121. The third kappa shape index (κ3) is 3.10. The second-order valence-corrected chi connectivity index (χ2v) is 8.33. The highest BCUT2D eigenvalue weighted by Crippen LogP contribution is 2.31. The monoisotopic (exact) mass is 361 g/mol. The number of likely N-dealkylation sites (tertiary alicyclic amines) is 1. The van der Waals surface area contributed by atoms with Crippen molar-refractivity contribution in [1.29, 1.82) is 0 Å². The first-order valence-corrected chi connectivity index (χ1v) is 10.0. The number of anilines is 1. The highest BCUT2D eigenvalue weighted by molar-refractivity contribution is 7.16. The Morgan fingerprint density at radius 3 is 3.00 bits per heavy atom. The number of nitrogens with zero attached hydrogens (tertiary/aromatic N) is 2. The maximum absolute atomic E-state index is 12.6. The van der Waals surface area contributed by atoms with Crippen LogP contribution in [0.4, 0.5) is 5.13 Å². The predicted molar refractivity (Wildman–Crippen MR) is 95.7 cm³/mol. The zero-order valence-corrected chi connectivity index (χ0v) is 14.9. The molecule has 1 N–H and O–H groups in total. The molecule has 2 aliphatic rings. The number of aryl methyl sites for hydroxylation is 2. The van der Waals surface area contributed by atoms with Gasteiger partial charge in [-0.25, -0.2) is 4.98 Å². The maximum Gasteiger partial charge on any atom is 0.263 e. The summed E-state index contributed by atoms with van der Waals surface area (Å²) in [6.45, 7) is 1.22. The van der Waals surface area contributed by atoms with E-state index in [4.69, 9.17) is 0 Å². The highest BCUT2D eigenvalue weighted by atomic mass is 32.1. The first-order valence-electron chi connectivity index (χ1n) is 8.33.